The molecule has 2 saturated carbocycles. The Kier molecular flexibility index (Phi) is 4.07. The molecule has 1 N–H and O–H groups in total. The van der Waals surface area contributed by atoms with Gasteiger partial charge in [-0.3, -0.25) is 4.79 Å². The van der Waals surface area contributed by atoms with Crippen LogP contribution in [0.5, 0.6) is 11.6 Å². The molecule has 0 aromatic carbocycles. The van der Waals surface area contributed by atoms with Crippen molar-refractivity contribution in [1.82, 2.24) is 24.9 Å². The van der Waals surface area contributed by atoms with Crippen LogP contribution in [0.15, 0.2) is 24.7 Å². The molecule has 10 heteroatoms. The maximum Gasteiger partial charge on any atom is 0.257 e. The van der Waals surface area contributed by atoms with Gasteiger partial charge in [0.1, 0.15) is 23.6 Å². The summed E-state index contributed by atoms with van der Waals surface area (Å²) in [7, 11) is 0. The average molecular weight is 450 g/mol. The zero-order chi connectivity index (χ0) is 22.1. The van der Waals surface area contributed by atoms with Crippen molar-refractivity contribution in [1.29, 1.82) is 0 Å². The van der Waals surface area contributed by atoms with Gasteiger partial charge in [-0.1, -0.05) is 0 Å². The molecule has 3 aromatic rings. The first-order chi connectivity index (χ1) is 16.1. The van der Waals surface area contributed by atoms with Gasteiger partial charge >= 0.3 is 0 Å². The van der Waals surface area contributed by atoms with Crippen LogP contribution >= 0.6 is 0 Å². The van der Waals surface area contributed by atoms with E-state index in [4.69, 9.17) is 14.5 Å². The number of hydrogen-bond acceptors (Lipinski definition) is 7. The topological polar surface area (TPSA) is 93.9 Å². The molecular weight excluding hydrogens is 427 g/mol. The quantitative estimate of drug-likeness (QED) is 0.563. The molecule has 2 bridgehead atoms. The van der Waals surface area contributed by atoms with Crippen LogP contribution in [-0.2, 0) is 6.54 Å². The number of rotatable bonds is 0. The van der Waals surface area contributed by atoms with Crippen molar-refractivity contribution in [3.05, 3.63) is 41.6 Å². The molecule has 7 rings (SSSR count). The van der Waals surface area contributed by atoms with E-state index in [1.807, 2.05) is 0 Å². The van der Waals surface area contributed by atoms with Gasteiger partial charge in [0, 0.05) is 5.56 Å². The van der Waals surface area contributed by atoms with Gasteiger partial charge in [0.25, 0.3) is 5.91 Å². The van der Waals surface area contributed by atoms with Crippen LogP contribution in [-0.4, -0.2) is 49.8 Å². The van der Waals surface area contributed by atoms with Gasteiger partial charge in [-0.25, -0.2) is 18.9 Å². The number of nitrogens with zero attached hydrogens (tertiary/aromatic N) is 5. The minimum absolute atomic E-state index is 0.0239. The van der Waals surface area contributed by atoms with Crippen LogP contribution < -0.4 is 19.7 Å². The molecule has 0 unspecified atom stereocenters. The zero-order valence-corrected chi connectivity index (χ0v) is 17.9. The van der Waals surface area contributed by atoms with Crippen LogP contribution in [0, 0.1) is 5.82 Å². The van der Waals surface area contributed by atoms with Crippen LogP contribution in [0.4, 0.5) is 10.2 Å². The molecule has 2 aliphatic carbocycles. The smallest absolute Gasteiger partial charge is 0.257 e. The number of halogens is 1. The number of pyridine rings is 1. The molecular formula is C23H23FN6O3. The zero-order valence-electron chi connectivity index (χ0n) is 17.9. The third-order valence-corrected chi connectivity index (χ3v) is 7.32. The molecule has 5 heterocycles. The van der Waals surface area contributed by atoms with E-state index in [0.717, 1.165) is 38.5 Å². The van der Waals surface area contributed by atoms with Crippen molar-refractivity contribution >= 4 is 17.4 Å². The van der Waals surface area contributed by atoms with E-state index in [2.05, 4.69) is 20.3 Å². The number of amides is 1. The lowest BCUT2D eigenvalue weighted by Crippen LogP contribution is -2.47. The Morgan fingerprint density at radius 2 is 1.97 bits per heavy atom. The second-order valence-electron chi connectivity index (χ2n) is 9.32. The fourth-order valence-electron chi connectivity index (χ4n) is 5.74. The van der Waals surface area contributed by atoms with Gasteiger partial charge in [0.2, 0.25) is 5.88 Å². The third kappa shape index (κ3) is 2.96. The number of nitrogens with one attached hydrogen (secondary N) is 1. The molecule has 9 nitrogen and oxygen atoms in total. The Labute approximate surface area is 188 Å². The molecule has 3 aromatic heterocycles. The number of carbonyl (C=O) groups excluding carboxylic acids is 1. The minimum Gasteiger partial charge on any atom is -0.483 e. The van der Waals surface area contributed by atoms with E-state index in [1.54, 1.807) is 16.9 Å². The lowest BCUT2D eigenvalue weighted by molar-refractivity contribution is 0.0891. The summed E-state index contributed by atoms with van der Waals surface area (Å²) in [5, 5.41) is 7.46. The van der Waals surface area contributed by atoms with E-state index in [-0.39, 0.29) is 30.2 Å². The van der Waals surface area contributed by atoms with Gasteiger partial charge in [0.05, 0.1) is 37.2 Å². The Morgan fingerprint density at radius 1 is 1.09 bits per heavy atom. The lowest BCUT2D eigenvalue weighted by atomic mass is 10.1. The van der Waals surface area contributed by atoms with Crippen LogP contribution in [0.25, 0.3) is 5.65 Å². The monoisotopic (exact) mass is 450 g/mol. The maximum atomic E-state index is 14.3. The highest BCUT2D eigenvalue weighted by Crippen LogP contribution is 2.42. The highest BCUT2D eigenvalue weighted by atomic mass is 19.1. The van der Waals surface area contributed by atoms with Crippen molar-refractivity contribution in [3.63, 3.8) is 0 Å². The number of carbonyl (C=O) groups is 1. The Hall–Kier alpha value is -3.43. The molecule has 33 heavy (non-hydrogen) atoms. The van der Waals surface area contributed by atoms with Crippen LogP contribution in [0.3, 0.4) is 0 Å². The van der Waals surface area contributed by atoms with Crippen molar-refractivity contribution in [2.24, 2.45) is 0 Å². The highest BCUT2D eigenvalue weighted by Gasteiger charge is 2.42. The second-order valence-corrected chi connectivity index (χ2v) is 9.32. The first kappa shape index (κ1) is 19.1. The first-order valence-corrected chi connectivity index (χ1v) is 11.6. The minimum atomic E-state index is -0.407. The second kappa shape index (κ2) is 7.03. The molecule has 170 valence electrons. The van der Waals surface area contributed by atoms with E-state index < -0.39 is 5.82 Å². The fourth-order valence-corrected chi connectivity index (χ4v) is 5.74. The van der Waals surface area contributed by atoms with E-state index in [0.29, 0.717) is 40.8 Å². The van der Waals surface area contributed by atoms with E-state index in [1.165, 1.54) is 12.3 Å². The summed E-state index contributed by atoms with van der Waals surface area (Å²) in [6, 6.07) is 1.43. The SMILES string of the molecule is O=C1N[C@@H]2CCC[C@@H]2Oc2ncc(F)cc2CN2c3nc4c1cnn4cc3O[C@H]1CCC[C@H]12. The number of anilines is 1. The molecule has 2 fully saturated rings. The Morgan fingerprint density at radius 3 is 2.91 bits per heavy atom. The number of aromatic nitrogens is 4. The summed E-state index contributed by atoms with van der Waals surface area (Å²) >= 11 is 0. The average Bonchev–Trinajstić information content (AvgIpc) is 3.53. The fraction of sp³-hybridized carbons (Fsp3) is 0.478. The molecule has 4 atom stereocenters. The largest absolute Gasteiger partial charge is 0.483 e. The maximum absolute atomic E-state index is 14.3. The highest BCUT2D eigenvalue weighted by molar-refractivity contribution is 6.00. The summed E-state index contributed by atoms with van der Waals surface area (Å²) < 4.78 is 28.5. The summed E-state index contributed by atoms with van der Waals surface area (Å²) in [5.74, 6) is 1.02. The normalized spacial score (nSPS) is 28.0. The van der Waals surface area contributed by atoms with E-state index in [9.17, 15) is 9.18 Å². The van der Waals surface area contributed by atoms with Gasteiger partial charge in [-0.15, -0.1) is 0 Å². The van der Waals surface area contributed by atoms with Gasteiger partial charge < -0.3 is 19.7 Å². The summed E-state index contributed by atoms with van der Waals surface area (Å²) in [5.41, 5.74) is 1.56. The van der Waals surface area contributed by atoms with Crippen molar-refractivity contribution < 1.29 is 18.7 Å². The standard InChI is InChI=1S/C23H23FN6O3/c24-13-7-12-10-29-16-4-2-6-18(16)32-19-11-30-20(28-21(19)29)14(9-26-30)22(31)27-15-3-1-5-17(15)33-23(12)25-8-13/h7-9,11,15-18H,1-6,10H2,(H,27,31)/t15-,16-,17+,18+/m1/s1. The predicted octanol–water partition coefficient (Wildman–Crippen LogP) is 2.63. The first-order valence-electron chi connectivity index (χ1n) is 11.6. The Bertz CT molecular complexity index is 1280. The predicted molar refractivity (Wildman–Crippen MR) is 115 cm³/mol. The van der Waals surface area contributed by atoms with Gasteiger partial charge in [0.15, 0.2) is 17.2 Å². The molecule has 4 aliphatic rings. The van der Waals surface area contributed by atoms with Gasteiger partial charge in [-0.2, -0.15) is 5.10 Å². The van der Waals surface area contributed by atoms with E-state index >= 15 is 0 Å². The molecule has 1 amide bonds. The third-order valence-electron chi connectivity index (χ3n) is 7.32. The van der Waals surface area contributed by atoms with Gasteiger partial charge in [-0.05, 0) is 44.6 Å². The number of fused-ring (bicyclic) bond motifs is 4. The molecule has 2 aliphatic heterocycles. The number of ether oxygens (including phenoxy) is 2. The number of hydrogen-bond donors (Lipinski definition) is 1. The molecule has 0 spiro atoms. The molecule has 0 radical (unpaired) electrons. The molecule has 0 saturated heterocycles. The van der Waals surface area contributed by atoms with Crippen LogP contribution in [0.1, 0.15) is 54.4 Å². The summed E-state index contributed by atoms with van der Waals surface area (Å²) in [6.45, 7) is 0.392. The Balaban J connectivity index is 1.44. The van der Waals surface area contributed by atoms with Crippen molar-refractivity contribution in [2.45, 2.75) is 69.4 Å². The van der Waals surface area contributed by atoms with Crippen LogP contribution in [0.2, 0.25) is 0 Å². The summed E-state index contributed by atoms with van der Waals surface area (Å²) in [4.78, 5) is 24.5. The lowest BCUT2D eigenvalue weighted by Gasteiger charge is -2.39. The summed E-state index contributed by atoms with van der Waals surface area (Å²) in [6.07, 6.45) is 9.78. The van der Waals surface area contributed by atoms with Crippen molar-refractivity contribution in [3.8, 4) is 11.6 Å². The van der Waals surface area contributed by atoms with Crippen molar-refractivity contribution in [2.75, 3.05) is 4.90 Å².